The first-order valence-electron chi connectivity index (χ1n) is 4.07. The summed E-state index contributed by atoms with van der Waals surface area (Å²) in [5.74, 6) is -0.340. The van der Waals surface area contributed by atoms with Gasteiger partial charge in [0, 0.05) is 12.2 Å². The first kappa shape index (κ1) is 10.9. The van der Waals surface area contributed by atoms with E-state index in [2.05, 4.69) is 9.72 Å². The van der Waals surface area contributed by atoms with Crippen molar-refractivity contribution in [3.63, 3.8) is 0 Å². The average molecular weight is 215 g/mol. The van der Waals surface area contributed by atoms with E-state index in [0.717, 1.165) is 5.56 Å². The summed E-state index contributed by atoms with van der Waals surface area (Å²) in [5.41, 5.74) is 6.50. The molecular weight excluding hydrogens is 204 g/mol. The molecule has 0 aliphatic carbocycles. The maximum Gasteiger partial charge on any atom is 0.307 e. The van der Waals surface area contributed by atoms with Crippen molar-refractivity contribution in [2.24, 2.45) is 5.73 Å². The van der Waals surface area contributed by atoms with E-state index in [1.165, 1.54) is 7.11 Å². The Balaban J connectivity index is 2.65. The minimum atomic E-state index is -0.396. The summed E-state index contributed by atoms with van der Waals surface area (Å²) in [4.78, 5) is 14.8. The number of esters is 1. The van der Waals surface area contributed by atoms with Crippen LogP contribution in [0.4, 0.5) is 0 Å². The fourth-order valence-electron chi connectivity index (χ4n) is 0.987. The lowest BCUT2D eigenvalue weighted by atomic mass is 10.1. The second kappa shape index (κ2) is 4.93. The van der Waals surface area contributed by atoms with Crippen LogP contribution in [-0.2, 0) is 9.53 Å². The van der Waals surface area contributed by atoms with Crippen LogP contribution in [0.15, 0.2) is 18.3 Å². The number of carbonyl (C=O) groups excluding carboxylic acids is 1. The fraction of sp³-hybridized carbons (Fsp3) is 0.333. The molecule has 2 N–H and O–H groups in total. The van der Waals surface area contributed by atoms with Crippen molar-refractivity contribution in [3.05, 3.63) is 29.0 Å². The van der Waals surface area contributed by atoms with Crippen LogP contribution in [0.25, 0.3) is 0 Å². The van der Waals surface area contributed by atoms with Crippen LogP contribution in [0, 0.1) is 0 Å². The number of carbonyl (C=O) groups is 1. The molecule has 1 aromatic heterocycles. The van der Waals surface area contributed by atoms with Crippen molar-refractivity contribution in [1.29, 1.82) is 0 Å². The molecule has 1 heterocycles. The van der Waals surface area contributed by atoms with Gasteiger partial charge in [-0.1, -0.05) is 17.7 Å². The topological polar surface area (TPSA) is 65.2 Å². The van der Waals surface area contributed by atoms with E-state index in [9.17, 15) is 4.79 Å². The van der Waals surface area contributed by atoms with E-state index in [1.807, 2.05) is 0 Å². The van der Waals surface area contributed by atoms with E-state index in [4.69, 9.17) is 17.3 Å². The van der Waals surface area contributed by atoms with Crippen molar-refractivity contribution >= 4 is 17.6 Å². The Bertz CT molecular complexity index is 313. The van der Waals surface area contributed by atoms with Crippen molar-refractivity contribution < 1.29 is 9.53 Å². The minimum Gasteiger partial charge on any atom is -0.469 e. The zero-order valence-electron chi connectivity index (χ0n) is 7.74. The molecule has 14 heavy (non-hydrogen) atoms. The van der Waals surface area contributed by atoms with Crippen LogP contribution in [0.2, 0.25) is 5.15 Å². The smallest absolute Gasteiger partial charge is 0.307 e. The van der Waals surface area contributed by atoms with Crippen molar-refractivity contribution in [3.8, 4) is 0 Å². The largest absolute Gasteiger partial charge is 0.469 e. The molecule has 1 rings (SSSR count). The van der Waals surface area contributed by atoms with E-state index < -0.39 is 6.04 Å². The lowest BCUT2D eigenvalue weighted by Gasteiger charge is -2.09. The van der Waals surface area contributed by atoms with Crippen LogP contribution >= 0.6 is 11.6 Å². The first-order chi connectivity index (χ1) is 6.63. The van der Waals surface area contributed by atoms with Crippen molar-refractivity contribution in [2.75, 3.05) is 7.11 Å². The predicted octanol–water partition coefficient (Wildman–Crippen LogP) is 1.30. The molecule has 0 saturated carbocycles. The Morgan fingerprint density at radius 2 is 2.43 bits per heavy atom. The van der Waals surface area contributed by atoms with Crippen molar-refractivity contribution in [1.82, 2.24) is 4.98 Å². The lowest BCUT2D eigenvalue weighted by molar-refractivity contribution is -0.141. The Kier molecular flexibility index (Phi) is 3.85. The highest BCUT2D eigenvalue weighted by atomic mass is 35.5. The third kappa shape index (κ3) is 2.97. The van der Waals surface area contributed by atoms with Crippen LogP contribution in [-0.4, -0.2) is 18.1 Å². The van der Waals surface area contributed by atoms with Gasteiger partial charge >= 0.3 is 5.97 Å². The highest BCUT2D eigenvalue weighted by Gasteiger charge is 2.11. The number of ether oxygens (including phenoxy) is 1. The molecule has 0 fully saturated rings. The summed E-state index contributed by atoms with van der Waals surface area (Å²) in [6, 6.07) is 2.98. The molecular formula is C9H11ClN2O2. The maximum atomic E-state index is 10.9. The van der Waals surface area contributed by atoms with Gasteiger partial charge in [0.1, 0.15) is 5.15 Å². The summed E-state index contributed by atoms with van der Waals surface area (Å²) in [6.45, 7) is 0. The van der Waals surface area contributed by atoms with E-state index in [-0.39, 0.29) is 12.4 Å². The third-order valence-corrected chi connectivity index (χ3v) is 2.02. The fourth-order valence-corrected chi connectivity index (χ4v) is 1.10. The predicted molar refractivity (Wildman–Crippen MR) is 52.8 cm³/mol. The molecule has 0 unspecified atom stereocenters. The molecule has 5 heteroatoms. The van der Waals surface area contributed by atoms with Crippen LogP contribution in [0.5, 0.6) is 0 Å². The molecule has 0 aliphatic rings. The van der Waals surface area contributed by atoms with Gasteiger partial charge in [0.05, 0.1) is 13.5 Å². The van der Waals surface area contributed by atoms with Crippen LogP contribution in [0.3, 0.4) is 0 Å². The van der Waals surface area contributed by atoms with Gasteiger partial charge in [-0.15, -0.1) is 0 Å². The Morgan fingerprint density at radius 3 is 2.93 bits per heavy atom. The highest BCUT2D eigenvalue weighted by Crippen LogP contribution is 2.15. The molecule has 0 radical (unpaired) electrons. The van der Waals surface area contributed by atoms with Gasteiger partial charge in [0.25, 0.3) is 0 Å². The van der Waals surface area contributed by atoms with Gasteiger partial charge in [0.2, 0.25) is 0 Å². The van der Waals surface area contributed by atoms with Crippen molar-refractivity contribution in [2.45, 2.75) is 12.5 Å². The number of rotatable bonds is 3. The standard InChI is InChI=1S/C9H11ClN2O2/c1-14-9(13)4-7(11)6-2-3-8(10)12-5-6/h2-3,5,7H,4,11H2,1H3/t7-/m1/s1. The molecule has 0 aromatic carbocycles. The maximum absolute atomic E-state index is 10.9. The molecule has 0 aliphatic heterocycles. The number of nitrogens with zero attached hydrogens (tertiary/aromatic N) is 1. The zero-order chi connectivity index (χ0) is 10.6. The molecule has 76 valence electrons. The monoisotopic (exact) mass is 214 g/mol. The second-order valence-corrected chi connectivity index (χ2v) is 3.19. The van der Waals surface area contributed by atoms with Crippen LogP contribution in [0.1, 0.15) is 18.0 Å². The number of hydrogen-bond acceptors (Lipinski definition) is 4. The normalized spacial score (nSPS) is 12.2. The Labute approximate surface area is 87.0 Å². The number of aromatic nitrogens is 1. The minimum absolute atomic E-state index is 0.139. The molecule has 1 atom stereocenters. The zero-order valence-corrected chi connectivity index (χ0v) is 8.49. The van der Waals surface area contributed by atoms with E-state index in [0.29, 0.717) is 5.15 Å². The van der Waals surface area contributed by atoms with Gasteiger partial charge in [0.15, 0.2) is 0 Å². The summed E-state index contributed by atoms with van der Waals surface area (Å²) < 4.78 is 4.50. The Hall–Kier alpha value is -1.13. The quantitative estimate of drug-likeness (QED) is 0.609. The number of hydrogen-bond donors (Lipinski definition) is 1. The summed E-state index contributed by atoms with van der Waals surface area (Å²) in [6.07, 6.45) is 1.69. The van der Waals surface area contributed by atoms with Gasteiger partial charge in [-0.2, -0.15) is 0 Å². The third-order valence-electron chi connectivity index (χ3n) is 1.79. The van der Waals surface area contributed by atoms with Gasteiger partial charge in [-0.05, 0) is 11.6 Å². The molecule has 1 aromatic rings. The highest BCUT2D eigenvalue weighted by molar-refractivity contribution is 6.29. The number of nitrogens with two attached hydrogens (primary N) is 1. The number of methoxy groups -OCH3 is 1. The molecule has 0 saturated heterocycles. The SMILES string of the molecule is COC(=O)C[C@@H](N)c1ccc(Cl)nc1. The number of pyridine rings is 1. The average Bonchev–Trinajstić information content (AvgIpc) is 2.18. The molecule has 0 amide bonds. The second-order valence-electron chi connectivity index (χ2n) is 2.80. The Morgan fingerprint density at radius 1 is 1.71 bits per heavy atom. The molecule has 4 nitrogen and oxygen atoms in total. The molecule has 0 bridgehead atoms. The van der Waals surface area contributed by atoms with Gasteiger partial charge in [-0.25, -0.2) is 4.98 Å². The summed E-state index contributed by atoms with van der Waals surface area (Å²) in [5, 5.41) is 0.402. The first-order valence-corrected chi connectivity index (χ1v) is 4.45. The van der Waals surface area contributed by atoms with Gasteiger partial charge < -0.3 is 10.5 Å². The van der Waals surface area contributed by atoms with Gasteiger partial charge in [-0.3, -0.25) is 4.79 Å². The van der Waals surface area contributed by atoms with E-state index in [1.54, 1.807) is 18.3 Å². The lowest BCUT2D eigenvalue weighted by Crippen LogP contribution is -2.16. The number of halogens is 1. The molecule has 0 spiro atoms. The summed E-state index contributed by atoms with van der Waals surface area (Å²) >= 11 is 5.61. The van der Waals surface area contributed by atoms with Crippen LogP contribution < -0.4 is 5.73 Å². The van der Waals surface area contributed by atoms with E-state index >= 15 is 0 Å². The summed E-state index contributed by atoms with van der Waals surface area (Å²) in [7, 11) is 1.33.